The monoisotopic (exact) mass is 308 g/mol. The fourth-order valence-corrected chi connectivity index (χ4v) is 3.23. The van der Waals surface area contributed by atoms with E-state index in [2.05, 4.69) is 37.5 Å². The highest BCUT2D eigenvalue weighted by molar-refractivity contribution is 5.14. The van der Waals surface area contributed by atoms with Gasteiger partial charge in [0.25, 0.3) is 0 Å². The van der Waals surface area contributed by atoms with Crippen LogP contribution in [0.1, 0.15) is 30.0 Å². The van der Waals surface area contributed by atoms with Gasteiger partial charge in [0.15, 0.2) is 0 Å². The molecule has 4 heterocycles. The first-order valence-corrected chi connectivity index (χ1v) is 7.96. The van der Waals surface area contributed by atoms with Crippen LogP contribution in [-0.2, 0) is 19.6 Å². The summed E-state index contributed by atoms with van der Waals surface area (Å²) < 4.78 is 4.28. The molecule has 1 aliphatic rings. The van der Waals surface area contributed by atoms with Crippen molar-refractivity contribution >= 4 is 0 Å². The molecule has 1 atom stereocenters. The van der Waals surface area contributed by atoms with E-state index < -0.39 is 0 Å². The molecule has 23 heavy (non-hydrogen) atoms. The average Bonchev–Trinajstić information content (AvgIpc) is 3.22. The lowest BCUT2D eigenvalue weighted by molar-refractivity contribution is 0.154. The Kier molecular flexibility index (Phi) is 3.67. The van der Waals surface area contributed by atoms with Crippen LogP contribution in [0.2, 0.25) is 0 Å². The molecule has 0 spiro atoms. The van der Waals surface area contributed by atoms with Crippen molar-refractivity contribution in [2.45, 2.75) is 32.6 Å². The molecular formula is C17H20N6. The maximum atomic E-state index is 4.67. The fraction of sp³-hybridized carbons (Fsp3) is 0.353. The molecule has 0 saturated heterocycles. The van der Waals surface area contributed by atoms with Crippen LogP contribution >= 0.6 is 0 Å². The molecule has 0 radical (unpaired) electrons. The van der Waals surface area contributed by atoms with Crippen molar-refractivity contribution in [3.8, 4) is 0 Å². The van der Waals surface area contributed by atoms with Crippen LogP contribution in [0, 0.1) is 0 Å². The molecule has 0 N–H and O–H groups in total. The number of nitrogens with zero attached hydrogens (tertiary/aromatic N) is 6. The maximum Gasteiger partial charge on any atom is 0.126 e. The Balaban J connectivity index is 1.53. The Hall–Kier alpha value is -2.47. The second kappa shape index (κ2) is 5.96. The van der Waals surface area contributed by atoms with Crippen LogP contribution in [-0.4, -0.2) is 35.8 Å². The van der Waals surface area contributed by atoms with Crippen LogP contribution in [0.5, 0.6) is 0 Å². The fourth-order valence-electron chi connectivity index (χ4n) is 3.23. The van der Waals surface area contributed by atoms with Crippen molar-refractivity contribution < 1.29 is 0 Å². The molecule has 4 rings (SSSR count). The normalized spacial score (nSPS) is 18.0. The highest BCUT2D eigenvalue weighted by Gasteiger charge is 2.27. The van der Waals surface area contributed by atoms with E-state index in [1.54, 1.807) is 0 Å². The summed E-state index contributed by atoms with van der Waals surface area (Å²) in [5.41, 5.74) is 2.47. The summed E-state index contributed by atoms with van der Waals surface area (Å²) >= 11 is 0. The van der Waals surface area contributed by atoms with Gasteiger partial charge >= 0.3 is 0 Å². The van der Waals surface area contributed by atoms with Gasteiger partial charge in [-0.05, 0) is 24.6 Å². The number of fused-ring (bicyclic) bond motifs is 1. The SMILES string of the molecule is C[C@H]1c2ncc(Cn3cccn3)n2CCN1Cc1cccnc1. The van der Waals surface area contributed by atoms with Gasteiger partial charge in [-0.1, -0.05) is 6.07 Å². The lowest BCUT2D eigenvalue weighted by Crippen LogP contribution is -2.37. The van der Waals surface area contributed by atoms with Crippen LogP contribution in [0.3, 0.4) is 0 Å². The molecule has 118 valence electrons. The third-order valence-electron chi connectivity index (χ3n) is 4.49. The molecule has 0 saturated carbocycles. The molecule has 0 unspecified atom stereocenters. The van der Waals surface area contributed by atoms with Gasteiger partial charge in [0.1, 0.15) is 5.82 Å². The first-order valence-electron chi connectivity index (χ1n) is 7.96. The molecule has 0 bridgehead atoms. The van der Waals surface area contributed by atoms with Crippen molar-refractivity contribution in [3.63, 3.8) is 0 Å². The van der Waals surface area contributed by atoms with E-state index in [-0.39, 0.29) is 0 Å². The number of hydrogen-bond donors (Lipinski definition) is 0. The Bertz CT molecular complexity index is 762. The summed E-state index contributed by atoms with van der Waals surface area (Å²) in [6.45, 7) is 5.90. The molecule has 3 aromatic rings. The zero-order valence-electron chi connectivity index (χ0n) is 13.2. The second-order valence-corrected chi connectivity index (χ2v) is 5.97. The Morgan fingerprint density at radius 3 is 2.87 bits per heavy atom. The first kappa shape index (κ1) is 14.1. The Morgan fingerprint density at radius 2 is 2.09 bits per heavy atom. The maximum absolute atomic E-state index is 4.67. The smallest absolute Gasteiger partial charge is 0.126 e. The minimum absolute atomic E-state index is 0.301. The van der Waals surface area contributed by atoms with E-state index in [9.17, 15) is 0 Å². The molecule has 1 aliphatic heterocycles. The standard InChI is InChI=1S/C17H20N6/c1-14-17-19-11-16(13-22-7-3-6-20-22)23(17)9-8-21(14)12-15-4-2-5-18-10-15/h2-7,10-11,14H,8-9,12-13H2,1H3/t14-/m0/s1. The Morgan fingerprint density at radius 1 is 1.13 bits per heavy atom. The summed E-state index contributed by atoms with van der Waals surface area (Å²) in [7, 11) is 0. The van der Waals surface area contributed by atoms with Crippen LogP contribution in [0.15, 0.2) is 49.2 Å². The van der Waals surface area contributed by atoms with Crippen LogP contribution < -0.4 is 0 Å². The molecule has 0 fully saturated rings. The summed E-state index contributed by atoms with van der Waals surface area (Å²) in [6.07, 6.45) is 9.54. The van der Waals surface area contributed by atoms with Gasteiger partial charge in [-0.15, -0.1) is 0 Å². The van der Waals surface area contributed by atoms with Gasteiger partial charge < -0.3 is 4.57 Å². The predicted octanol–water partition coefficient (Wildman–Crippen LogP) is 2.10. The summed E-state index contributed by atoms with van der Waals surface area (Å²) in [5.74, 6) is 1.14. The number of aromatic nitrogens is 5. The van der Waals surface area contributed by atoms with Gasteiger partial charge in [-0.3, -0.25) is 14.6 Å². The van der Waals surface area contributed by atoms with E-state index in [0.717, 1.165) is 32.0 Å². The Labute approximate surface area is 135 Å². The lowest BCUT2D eigenvalue weighted by atomic mass is 10.1. The largest absolute Gasteiger partial charge is 0.328 e. The molecule has 6 nitrogen and oxygen atoms in total. The molecule has 0 aliphatic carbocycles. The van der Waals surface area contributed by atoms with Crippen molar-refractivity contribution in [2.24, 2.45) is 0 Å². The zero-order chi connectivity index (χ0) is 15.6. The van der Waals surface area contributed by atoms with E-state index in [1.165, 1.54) is 11.3 Å². The quantitative estimate of drug-likeness (QED) is 0.740. The van der Waals surface area contributed by atoms with Crippen LogP contribution in [0.25, 0.3) is 0 Å². The minimum atomic E-state index is 0.301. The average molecular weight is 308 g/mol. The molecule has 0 amide bonds. The van der Waals surface area contributed by atoms with Gasteiger partial charge in [0.05, 0.1) is 24.5 Å². The van der Waals surface area contributed by atoms with Gasteiger partial charge in [-0.25, -0.2) is 4.98 Å². The van der Waals surface area contributed by atoms with Gasteiger partial charge in [-0.2, -0.15) is 5.10 Å². The van der Waals surface area contributed by atoms with Crippen molar-refractivity contribution in [3.05, 3.63) is 66.3 Å². The minimum Gasteiger partial charge on any atom is -0.328 e. The summed E-state index contributed by atoms with van der Waals surface area (Å²) in [5, 5.41) is 4.29. The van der Waals surface area contributed by atoms with Crippen LogP contribution in [0.4, 0.5) is 0 Å². The van der Waals surface area contributed by atoms with Gasteiger partial charge in [0.2, 0.25) is 0 Å². The highest BCUT2D eigenvalue weighted by atomic mass is 15.3. The van der Waals surface area contributed by atoms with Crippen molar-refractivity contribution in [2.75, 3.05) is 6.54 Å². The highest BCUT2D eigenvalue weighted by Crippen LogP contribution is 2.26. The van der Waals surface area contributed by atoms with E-state index in [0.29, 0.717) is 6.04 Å². The number of pyridine rings is 1. The second-order valence-electron chi connectivity index (χ2n) is 5.97. The van der Waals surface area contributed by atoms with E-state index in [4.69, 9.17) is 0 Å². The number of imidazole rings is 1. The zero-order valence-corrected chi connectivity index (χ0v) is 13.2. The predicted molar refractivity (Wildman–Crippen MR) is 86.6 cm³/mol. The molecule has 3 aromatic heterocycles. The third-order valence-corrected chi connectivity index (χ3v) is 4.49. The first-order chi connectivity index (χ1) is 11.3. The summed E-state index contributed by atoms with van der Waals surface area (Å²) in [6, 6.07) is 6.37. The van der Waals surface area contributed by atoms with Crippen molar-refractivity contribution in [1.29, 1.82) is 0 Å². The van der Waals surface area contributed by atoms with Crippen molar-refractivity contribution in [1.82, 2.24) is 29.2 Å². The van der Waals surface area contributed by atoms with Gasteiger partial charge in [0, 0.05) is 44.4 Å². The molecule has 6 heteroatoms. The molecular weight excluding hydrogens is 288 g/mol. The van der Waals surface area contributed by atoms with E-state index >= 15 is 0 Å². The topological polar surface area (TPSA) is 51.8 Å². The number of hydrogen-bond acceptors (Lipinski definition) is 4. The molecule has 0 aromatic carbocycles. The lowest BCUT2D eigenvalue weighted by Gasteiger charge is -2.34. The summed E-state index contributed by atoms with van der Waals surface area (Å²) in [4.78, 5) is 11.3. The number of rotatable bonds is 4. The van der Waals surface area contributed by atoms with E-state index in [1.807, 2.05) is 47.8 Å². The third kappa shape index (κ3) is 2.77.